The van der Waals surface area contributed by atoms with E-state index in [9.17, 15) is 19.2 Å². The second-order valence-electron chi connectivity index (χ2n) is 8.19. The SMILES string of the molecule is CCOC(OCC)c1nc(NC(C)=O)c2ncn([C@@H]3O[C@H](COC(C)=O)[C@@H](OC(C)=O)[C@H]3OC(C)=O)c2n1. The summed E-state index contributed by atoms with van der Waals surface area (Å²) in [5.41, 5.74) is 0.383. The van der Waals surface area contributed by atoms with Gasteiger partial charge in [-0.3, -0.25) is 23.7 Å². The molecule has 1 saturated heterocycles. The van der Waals surface area contributed by atoms with Crippen molar-refractivity contribution in [2.24, 2.45) is 0 Å². The number of fused-ring (bicyclic) bond motifs is 1. The predicted molar refractivity (Wildman–Crippen MR) is 127 cm³/mol. The van der Waals surface area contributed by atoms with Crippen LogP contribution >= 0.6 is 0 Å². The highest BCUT2D eigenvalue weighted by atomic mass is 16.7. The van der Waals surface area contributed by atoms with Crippen LogP contribution in [0.2, 0.25) is 0 Å². The molecule has 1 amide bonds. The summed E-state index contributed by atoms with van der Waals surface area (Å²) in [6.07, 6.45) is -3.97. The van der Waals surface area contributed by atoms with E-state index in [2.05, 4.69) is 20.3 Å². The lowest BCUT2D eigenvalue weighted by Crippen LogP contribution is -2.40. The average Bonchev–Trinajstić information content (AvgIpc) is 3.38. The molecule has 2 aromatic rings. The number of hydrogen-bond donors (Lipinski definition) is 1. The molecule has 2 aromatic heterocycles. The van der Waals surface area contributed by atoms with Crippen LogP contribution in [0.1, 0.15) is 59.9 Å². The summed E-state index contributed by atoms with van der Waals surface area (Å²) < 4.78 is 34.8. The number of amides is 1. The molecule has 0 aliphatic carbocycles. The Balaban J connectivity index is 2.15. The van der Waals surface area contributed by atoms with Crippen LogP contribution < -0.4 is 5.32 Å². The number of hydrogen-bond acceptors (Lipinski definition) is 13. The molecule has 1 aliphatic rings. The molecule has 0 aromatic carbocycles. The van der Waals surface area contributed by atoms with Crippen molar-refractivity contribution in [3.63, 3.8) is 0 Å². The first-order chi connectivity index (χ1) is 18.0. The molecule has 1 aliphatic heterocycles. The fraction of sp³-hybridized carbons (Fsp3) is 0.609. The second-order valence-corrected chi connectivity index (χ2v) is 8.19. The molecule has 208 valence electrons. The minimum atomic E-state index is -1.16. The summed E-state index contributed by atoms with van der Waals surface area (Å²) in [5, 5.41) is 2.62. The van der Waals surface area contributed by atoms with Crippen LogP contribution in [-0.2, 0) is 47.6 Å². The third-order valence-corrected chi connectivity index (χ3v) is 5.19. The molecule has 0 bridgehead atoms. The molecular weight excluding hydrogens is 506 g/mol. The normalized spacial score (nSPS) is 20.9. The maximum Gasteiger partial charge on any atom is 0.303 e. The molecule has 15 nitrogen and oxygen atoms in total. The van der Waals surface area contributed by atoms with Gasteiger partial charge in [-0.1, -0.05) is 0 Å². The Morgan fingerprint density at radius 1 is 0.974 bits per heavy atom. The molecule has 4 atom stereocenters. The summed E-state index contributed by atoms with van der Waals surface area (Å²) in [6, 6.07) is 0. The summed E-state index contributed by atoms with van der Waals surface area (Å²) >= 11 is 0. The molecule has 3 heterocycles. The van der Waals surface area contributed by atoms with Crippen molar-refractivity contribution in [3.05, 3.63) is 12.2 Å². The lowest BCUT2D eigenvalue weighted by molar-refractivity contribution is -0.166. The van der Waals surface area contributed by atoms with Gasteiger partial charge in [-0.05, 0) is 13.8 Å². The monoisotopic (exact) mass is 537 g/mol. The van der Waals surface area contributed by atoms with Crippen molar-refractivity contribution < 1.29 is 47.6 Å². The van der Waals surface area contributed by atoms with Crippen LogP contribution in [0.25, 0.3) is 11.2 Å². The molecule has 1 N–H and O–H groups in total. The van der Waals surface area contributed by atoms with Gasteiger partial charge in [-0.25, -0.2) is 15.0 Å². The van der Waals surface area contributed by atoms with Gasteiger partial charge in [0, 0.05) is 40.9 Å². The maximum atomic E-state index is 12.0. The number of carbonyl (C=O) groups is 4. The van der Waals surface area contributed by atoms with E-state index in [4.69, 9.17) is 28.4 Å². The molecule has 0 spiro atoms. The number of esters is 3. The zero-order chi connectivity index (χ0) is 28.0. The van der Waals surface area contributed by atoms with Crippen LogP contribution in [0.5, 0.6) is 0 Å². The lowest BCUT2D eigenvalue weighted by atomic mass is 10.1. The van der Waals surface area contributed by atoms with E-state index in [1.54, 1.807) is 13.8 Å². The quantitative estimate of drug-likeness (QED) is 0.245. The number of ether oxygens (including phenoxy) is 6. The van der Waals surface area contributed by atoms with Crippen LogP contribution in [0.4, 0.5) is 5.82 Å². The first-order valence-electron chi connectivity index (χ1n) is 11.9. The van der Waals surface area contributed by atoms with Crippen molar-refractivity contribution in [1.29, 1.82) is 0 Å². The number of aromatic nitrogens is 4. The number of anilines is 1. The topological polar surface area (TPSA) is 179 Å². The van der Waals surface area contributed by atoms with Gasteiger partial charge in [0.15, 0.2) is 41.2 Å². The van der Waals surface area contributed by atoms with Gasteiger partial charge >= 0.3 is 17.9 Å². The Morgan fingerprint density at radius 3 is 2.16 bits per heavy atom. The third-order valence-electron chi connectivity index (χ3n) is 5.19. The fourth-order valence-corrected chi connectivity index (χ4v) is 3.90. The van der Waals surface area contributed by atoms with Crippen molar-refractivity contribution in [3.8, 4) is 0 Å². The first kappa shape index (κ1) is 28.9. The smallest absolute Gasteiger partial charge is 0.303 e. The Bertz CT molecular complexity index is 1180. The molecule has 15 heteroatoms. The molecule has 38 heavy (non-hydrogen) atoms. The van der Waals surface area contributed by atoms with Gasteiger partial charge in [0.25, 0.3) is 0 Å². The summed E-state index contributed by atoms with van der Waals surface area (Å²) in [4.78, 5) is 60.5. The van der Waals surface area contributed by atoms with Gasteiger partial charge in [-0.2, -0.15) is 0 Å². The summed E-state index contributed by atoms with van der Waals surface area (Å²) in [7, 11) is 0. The molecule has 0 radical (unpaired) electrons. The lowest BCUT2D eigenvalue weighted by Gasteiger charge is -2.24. The van der Waals surface area contributed by atoms with E-state index >= 15 is 0 Å². The maximum absolute atomic E-state index is 12.0. The van der Waals surface area contributed by atoms with Crippen LogP contribution in [0.3, 0.4) is 0 Å². The predicted octanol–water partition coefficient (Wildman–Crippen LogP) is 1.18. The average molecular weight is 538 g/mol. The minimum absolute atomic E-state index is 0.0932. The van der Waals surface area contributed by atoms with E-state index in [0.717, 1.165) is 0 Å². The molecular formula is C23H31N5O10. The number of rotatable bonds is 11. The fourth-order valence-electron chi connectivity index (χ4n) is 3.90. The molecule has 3 rings (SSSR count). The van der Waals surface area contributed by atoms with Crippen LogP contribution in [0, 0.1) is 0 Å². The molecule has 0 saturated carbocycles. The molecule has 0 unspecified atom stereocenters. The van der Waals surface area contributed by atoms with Gasteiger partial charge in [-0.15, -0.1) is 0 Å². The van der Waals surface area contributed by atoms with E-state index in [1.165, 1.54) is 38.6 Å². The zero-order valence-electron chi connectivity index (χ0n) is 22.0. The summed E-state index contributed by atoms with van der Waals surface area (Å²) in [6.45, 7) is 8.78. The number of nitrogens with zero attached hydrogens (tertiary/aromatic N) is 4. The van der Waals surface area contributed by atoms with Crippen LogP contribution in [0.15, 0.2) is 6.33 Å². The van der Waals surface area contributed by atoms with E-state index < -0.39 is 54.6 Å². The minimum Gasteiger partial charge on any atom is -0.463 e. The van der Waals surface area contributed by atoms with E-state index in [0.29, 0.717) is 13.2 Å². The van der Waals surface area contributed by atoms with Gasteiger partial charge < -0.3 is 33.7 Å². The molecule has 1 fully saturated rings. The Hall–Kier alpha value is -3.69. The van der Waals surface area contributed by atoms with Crippen LogP contribution in [-0.4, -0.2) is 81.5 Å². The highest BCUT2D eigenvalue weighted by Gasteiger charge is 2.51. The third kappa shape index (κ3) is 6.79. The standard InChI is InChI=1S/C23H31N5O10/c1-7-33-23(34-8-2)20-26-19(25-11(3)29)16-21(27-20)28(10-24-16)22-18(37-14(6)32)17(36-13(5)31)15(38-22)9-35-12(4)30/h10,15,17-18,22-23H,7-9H2,1-6H3,(H,25,26,27,29)/t15-,17-,18-,22-/m1/s1. The Kier molecular flexibility index (Phi) is 9.66. The number of imidazole rings is 1. The number of nitrogens with one attached hydrogen (secondary N) is 1. The Labute approximate surface area is 218 Å². The number of carbonyl (C=O) groups excluding carboxylic acids is 4. The van der Waals surface area contributed by atoms with Gasteiger partial charge in [0.1, 0.15) is 12.7 Å². The summed E-state index contributed by atoms with van der Waals surface area (Å²) in [5.74, 6) is -2.11. The van der Waals surface area contributed by atoms with Crippen molar-refractivity contribution >= 4 is 40.8 Å². The largest absolute Gasteiger partial charge is 0.463 e. The van der Waals surface area contributed by atoms with Crippen molar-refractivity contribution in [2.45, 2.75) is 72.4 Å². The Morgan fingerprint density at radius 2 is 1.61 bits per heavy atom. The highest BCUT2D eigenvalue weighted by molar-refractivity contribution is 5.95. The highest BCUT2D eigenvalue weighted by Crippen LogP contribution is 2.37. The first-order valence-corrected chi connectivity index (χ1v) is 11.9. The van der Waals surface area contributed by atoms with Gasteiger partial charge in [0.2, 0.25) is 12.2 Å². The van der Waals surface area contributed by atoms with Crippen molar-refractivity contribution in [2.75, 3.05) is 25.1 Å². The van der Waals surface area contributed by atoms with Gasteiger partial charge in [0.05, 0.1) is 6.33 Å². The van der Waals surface area contributed by atoms with Crippen molar-refractivity contribution in [1.82, 2.24) is 19.5 Å². The van der Waals surface area contributed by atoms with E-state index in [1.807, 2.05) is 0 Å². The van der Waals surface area contributed by atoms with E-state index in [-0.39, 0.29) is 29.4 Å². The second kappa shape index (κ2) is 12.7. The zero-order valence-corrected chi connectivity index (χ0v) is 22.0.